The number of allylic oxidation sites excluding steroid dienone is 9. The van der Waals surface area contributed by atoms with Gasteiger partial charge in [0.2, 0.25) is 0 Å². The van der Waals surface area contributed by atoms with E-state index in [0.29, 0.717) is 11.0 Å². The van der Waals surface area contributed by atoms with Crippen LogP contribution >= 0.6 is 0 Å². The monoisotopic (exact) mass is 458 g/mol. The van der Waals surface area contributed by atoms with Crippen LogP contribution in [0.3, 0.4) is 0 Å². The lowest BCUT2D eigenvalue weighted by Gasteiger charge is -2.32. The molecule has 0 fully saturated rings. The summed E-state index contributed by atoms with van der Waals surface area (Å²) >= 11 is 0. The van der Waals surface area contributed by atoms with Gasteiger partial charge in [-0.15, -0.1) is 0 Å². The average Bonchev–Trinajstić information content (AvgIpc) is 2.73. The van der Waals surface area contributed by atoms with Crippen LogP contribution in [0.15, 0.2) is 92.2 Å². The van der Waals surface area contributed by atoms with E-state index >= 15 is 0 Å². The Kier molecular flexibility index (Phi) is 7.93. The van der Waals surface area contributed by atoms with Gasteiger partial charge in [0.15, 0.2) is 0 Å². The van der Waals surface area contributed by atoms with E-state index in [-0.39, 0.29) is 11.2 Å². The SMILES string of the molecule is CC1=C(/C=C/C(C)=C/C=C/C(C)=C/C(=O)Oc2cc(=O)oc3ccc(C)cc23)C(C)(C)CCC1. The standard InChI is InChI=1S/C30H34O4/c1-20(12-14-25-23(4)11-8-16-30(25,5)6)9-7-10-21(2)18-28(31)34-27-19-29(32)33-26-15-13-22(3)17-24(26)27/h7,9-10,12-15,17-19H,8,11,16H2,1-6H3/b10-7+,14-12+,20-9+,21-18+. The summed E-state index contributed by atoms with van der Waals surface area (Å²) in [6, 6.07) is 6.56. The van der Waals surface area contributed by atoms with E-state index in [2.05, 4.69) is 39.8 Å². The topological polar surface area (TPSA) is 56.5 Å². The Bertz CT molecular complexity index is 1290. The molecule has 0 radical (unpaired) electrons. The van der Waals surface area contributed by atoms with Crippen LogP contribution in [0.4, 0.5) is 0 Å². The quantitative estimate of drug-likeness (QED) is 0.194. The summed E-state index contributed by atoms with van der Waals surface area (Å²) in [7, 11) is 0. The van der Waals surface area contributed by atoms with E-state index in [1.807, 2.05) is 44.2 Å². The maximum Gasteiger partial charge on any atom is 0.339 e. The Morgan fingerprint density at radius 1 is 1.09 bits per heavy atom. The number of benzene rings is 1. The number of rotatable bonds is 6. The molecule has 0 atom stereocenters. The van der Waals surface area contributed by atoms with E-state index in [0.717, 1.165) is 16.7 Å². The molecule has 1 heterocycles. The molecule has 4 heteroatoms. The third-order valence-electron chi connectivity index (χ3n) is 6.19. The molecule has 4 nitrogen and oxygen atoms in total. The second kappa shape index (κ2) is 10.7. The fourth-order valence-electron chi connectivity index (χ4n) is 4.34. The zero-order chi connectivity index (χ0) is 24.9. The molecule has 0 spiro atoms. The molecule has 3 rings (SSSR count). The summed E-state index contributed by atoms with van der Waals surface area (Å²) in [6.45, 7) is 12.7. The number of fused-ring (bicyclic) bond motifs is 1. The third kappa shape index (κ3) is 6.57. The highest BCUT2D eigenvalue weighted by molar-refractivity contribution is 5.90. The molecule has 1 aromatic carbocycles. The van der Waals surface area contributed by atoms with Gasteiger partial charge in [0.25, 0.3) is 0 Å². The average molecular weight is 459 g/mol. The number of carbonyl (C=O) groups excluding carboxylic acids is 1. The van der Waals surface area contributed by atoms with Gasteiger partial charge in [0.1, 0.15) is 11.3 Å². The molecule has 0 saturated carbocycles. The van der Waals surface area contributed by atoms with Crippen LogP contribution in [0.2, 0.25) is 0 Å². The van der Waals surface area contributed by atoms with Gasteiger partial charge in [-0.2, -0.15) is 0 Å². The Morgan fingerprint density at radius 2 is 1.85 bits per heavy atom. The summed E-state index contributed by atoms with van der Waals surface area (Å²) < 4.78 is 10.6. The molecule has 0 N–H and O–H groups in total. The molecular formula is C30H34O4. The zero-order valence-electron chi connectivity index (χ0n) is 21.0. The zero-order valence-corrected chi connectivity index (χ0v) is 21.0. The highest BCUT2D eigenvalue weighted by atomic mass is 16.5. The van der Waals surface area contributed by atoms with E-state index < -0.39 is 11.6 Å². The van der Waals surface area contributed by atoms with Crippen molar-refractivity contribution in [1.29, 1.82) is 0 Å². The van der Waals surface area contributed by atoms with Gasteiger partial charge in [-0.3, -0.25) is 0 Å². The molecule has 0 bridgehead atoms. The summed E-state index contributed by atoms with van der Waals surface area (Å²) in [4.78, 5) is 24.2. The first-order valence-electron chi connectivity index (χ1n) is 11.7. The molecule has 1 aromatic heterocycles. The van der Waals surface area contributed by atoms with Crippen LogP contribution in [0.1, 0.15) is 59.4 Å². The highest BCUT2D eigenvalue weighted by Gasteiger charge is 2.26. The van der Waals surface area contributed by atoms with Crippen LogP contribution in [0, 0.1) is 12.3 Å². The first kappa shape index (κ1) is 25.2. The molecule has 0 unspecified atom stereocenters. The molecule has 1 aliphatic rings. The van der Waals surface area contributed by atoms with Gasteiger partial charge in [0.05, 0.1) is 11.5 Å². The molecule has 34 heavy (non-hydrogen) atoms. The molecule has 178 valence electrons. The van der Waals surface area contributed by atoms with E-state index in [1.54, 1.807) is 6.07 Å². The molecule has 1 aliphatic carbocycles. The normalized spacial score (nSPS) is 17.2. The van der Waals surface area contributed by atoms with Crippen LogP contribution < -0.4 is 10.4 Å². The van der Waals surface area contributed by atoms with Crippen molar-refractivity contribution in [1.82, 2.24) is 0 Å². The van der Waals surface area contributed by atoms with Crippen LogP contribution in [-0.2, 0) is 4.79 Å². The van der Waals surface area contributed by atoms with Gasteiger partial charge >= 0.3 is 11.6 Å². The maximum atomic E-state index is 12.4. The van der Waals surface area contributed by atoms with Crippen LogP contribution in [-0.4, -0.2) is 5.97 Å². The van der Waals surface area contributed by atoms with Gasteiger partial charge in [0, 0.05) is 6.08 Å². The van der Waals surface area contributed by atoms with E-state index in [9.17, 15) is 9.59 Å². The summed E-state index contributed by atoms with van der Waals surface area (Å²) in [5, 5.41) is 0.589. The molecular weight excluding hydrogens is 424 g/mol. The first-order chi connectivity index (χ1) is 16.0. The number of carbonyl (C=O) groups is 1. The predicted octanol–water partition coefficient (Wildman–Crippen LogP) is 7.54. The van der Waals surface area contributed by atoms with Gasteiger partial charge < -0.3 is 9.15 Å². The van der Waals surface area contributed by atoms with E-state index in [1.165, 1.54) is 42.6 Å². The fourth-order valence-corrected chi connectivity index (χ4v) is 4.34. The van der Waals surface area contributed by atoms with Gasteiger partial charge in [-0.25, -0.2) is 9.59 Å². The molecule has 0 saturated heterocycles. The minimum absolute atomic E-state index is 0.198. The maximum absolute atomic E-state index is 12.4. The Balaban J connectivity index is 1.68. The molecule has 0 amide bonds. The van der Waals surface area contributed by atoms with Gasteiger partial charge in [-0.05, 0) is 75.7 Å². The number of esters is 1. The third-order valence-corrected chi connectivity index (χ3v) is 6.19. The Labute approximate surface area is 202 Å². The second-order valence-corrected chi connectivity index (χ2v) is 9.77. The minimum atomic E-state index is -0.559. The highest BCUT2D eigenvalue weighted by Crippen LogP contribution is 2.40. The largest absolute Gasteiger partial charge is 0.422 e. The second-order valence-electron chi connectivity index (χ2n) is 9.77. The lowest BCUT2D eigenvalue weighted by atomic mass is 9.72. The van der Waals surface area contributed by atoms with Crippen molar-refractivity contribution in [2.75, 3.05) is 0 Å². The van der Waals surface area contributed by atoms with Crippen molar-refractivity contribution in [3.8, 4) is 5.75 Å². The number of hydrogen-bond acceptors (Lipinski definition) is 4. The lowest BCUT2D eigenvalue weighted by Crippen LogP contribution is -2.19. The van der Waals surface area contributed by atoms with Crippen molar-refractivity contribution in [3.63, 3.8) is 0 Å². The number of aryl methyl sites for hydroxylation is 1. The Hall–Kier alpha value is -3.40. The van der Waals surface area contributed by atoms with Gasteiger partial charge in [-0.1, -0.05) is 67.0 Å². The Morgan fingerprint density at radius 3 is 2.59 bits per heavy atom. The van der Waals surface area contributed by atoms with Crippen molar-refractivity contribution < 1.29 is 13.9 Å². The lowest BCUT2D eigenvalue weighted by molar-refractivity contribution is -0.128. The van der Waals surface area contributed by atoms with Crippen molar-refractivity contribution in [2.45, 2.75) is 60.8 Å². The minimum Gasteiger partial charge on any atom is -0.422 e. The molecule has 0 aliphatic heterocycles. The van der Waals surface area contributed by atoms with Crippen molar-refractivity contribution >= 4 is 16.9 Å². The first-order valence-corrected chi connectivity index (χ1v) is 11.7. The van der Waals surface area contributed by atoms with Crippen molar-refractivity contribution in [2.24, 2.45) is 5.41 Å². The summed E-state index contributed by atoms with van der Waals surface area (Å²) in [6.07, 6.45) is 15.3. The summed E-state index contributed by atoms with van der Waals surface area (Å²) in [5.41, 5.74) is 5.81. The fraction of sp³-hybridized carbons (Fsp3) is 0.333. The van der Waals surface area contributed by atoms with Crippen LogP contribution in [0.25, 0.3) is 11.0 Å². The van der Waals surface area contributed by atoms with E-state index in [4.69, 9.17) is 9.15 Å². The smallest absolute Gasteiger partial charge is 0.339 e. The molecule has 2 aromatic rings. The van der Waals surface area contributed by atoms with Crippen molar-refractivity contribution in [3.05, 3.63) is 99.0 Å². The number of ether oxygens (including phenoxy) is 1. The van der Waals surface area contributed by atoms with Crippen LogP contribution in [0.5, 0.6) is 5.75 Å². The summed E-state index contributed by atoms with van der Waals surface area (Å²) in [5.74, 6) is -0.345. The number of hydrogen-bond donors (Lipinski definition) is 0. The predicted molar refractivity (Wildman–Crippen MR) is 139 cm³/mol.